The molecule has 6 N–H and O–H groups in total. The van der Waals surface area contributed by atoms with E-state index in [9.17, 15) is 29.1 Å². The lowest BCUT2D eigenvalue weighted by molar-refractivity contribution is -0.142. The minimum atomic E-state index is -1.24. The van der Waals surface area contributed by atoms with E-state index in [2.05, 4.69) is 31.6 Å². The molecule has 0 aliphatic carbocycles. The van der Waals surface area contributed by atoms with Crippen LogP contribution in [-0.4, -0.2) is 200 Å². The third-order valence-electron chi connectivity index (χ3n) is 10.4. The van der Waals surface area contributed by atoms with Gasteiger partial charge in [-0.2, -0.15) is 11.8 Å². The van der Waals surface area contributed by atoms with Gasteiger partial charge in [0, 0.05) is 48.3 Å². The van der Waals surface area contributed by atoms with Gasteiger partial charge in [0.05, 0.1) is 136 Å². The number of fused-ring (bicyclic) bond motifs is 1. The van der Waals surface area contributed by atoms with Crippen LogP contribution in [0.5, 0.6) is 11.6 Å². The number of hydrogen-bond acceptors (Lipinski definition) is 17. The van der Waals surface area contributed by atoms with Gasteiger partial charge in [-0.05, 0) is 57.9 Å². The fraction of sp³-hybridized carbons (Fsp3) is 0.667. The van der Waals surface area contributed by atoms with Gasteiger partial charge in [0.2, 0.25) is 11.8 Å². The van der Waals surface area contributed by atoms with Crippen molar-refractivity contribution < 1.29 is 76.4 Å². The summed E-state index contributed by atoms with van der Waals surface area (Å²) in [4.78, 5) is 64.6. The number of carboxylic acids is 1. The van der Waals surface area contributed by atoms with E-state index >= 15 is 0 Å². The summed E-state index contributed by atoms with van der Waals surface area (Å²) in [7, 11) is 0. The van der Waals surface area contributed by atoms with Crippen LogP contribution in [0.2, 0.25) is 0 Å². The van der Waals surface area contributed by atoms with Crippen molar-refractivity contribution in [1.29, 1.82) is 0 Å². The molecule has 3 heterocycles. The Kier molecular flexibility index (Phi) is 28.7. The summed E-state index contributed by atoms with van der Waals surface area (Å²) in [5.41, 5.74) is -0.0646. The molecule has 2 aliphatic heterocycles. The van der Waals surface area contributed by atoms with Crippen molar-refractivity contribution in [2.24, 2.45) is 0 Å². The van der Waals surface area contributed by atoms with Crippen LogP contribution in [0.25, 0.3) is 0 Å². The molecule has 5 amide bonds. The third kappa shape index (κ3) is 26.0. The number of carboxylic acid groups (broad SMARTS) is 1. The topological polar surface area (TPSA) is 271 Å². The van der Waals surface area contributed by atoms with E-state index in [1.54, 1.807) is 45.0 Å². The zero-order valence-electron chi connectivity index (χ0n) is 41.2. The van der Waals surface area contributed by atoms with Gasteiger partial charge in [-0.1, -0.05) is 12.5 Å². The second-order valence-corrected chi connectivity index (χ2v) is 18.4. The first kappa shape index (κ1) is 58.9. The number of nitrogens with one attached hydrogen (secondary N) is 5. The van der Waals surface area contributed by atoms with Gasteiger partial charge in [0.15, 0.2) is 6.04 Å². The predicted molar refractivity (Wildman–Crippen MR) is 261 cm³/mol. The highest BCUT2D eigenvalue weighted by Gasteiger charge is 2.42. The summed E-state index contributed by atoms with van der Waals surface area (Å²) in [5, 5.41) is 23.9. The van der Waals surface area contributed by atoms with Crippen LogP contribution < -0.4 is 31.3 Å². The van der Waals surface area contributed by atoms with Crippen LogP contribution in [-0.2, 0) is 52.2 Å². The molecule has 0 spiro atoms. The lowest BCUT2D eigenvalue weighted by Crippen LogP contribution is -2.45. The first-order valence-electron chi connectivity index (χ1n) is 24.1. The number of aromatic nitrogens is 1. The SMILES string of the molecule is CC(C)(C)OC[C@H](NC(=O)c1ccc(Oc2cccc(C(=O)NCCOCCOCCOCCOCCOCCOCCOCCOCCNC(=O)CCCC[C@@H]3SC[C@@H]4NC(=O)N[C@@H]43)c2)nc1)C(=O)O. The van der Waals surface area contributed by atoms with Crippen LogP contribution in [0.1, 0.15) is 67.2 Å². The highest BCUT2D eigenvalue weighted by molar-refractivity contribution is 8.00. The molecule has 0 unspecified atom stereocenters. The van der Waals surface area contributed by atoms with E-state index in [0.29, 0.717) is 135 Å². The van der Waals surface area contributed by atoms with Crippen molar-refractivity contribution in [1.82, 2.24) is 31.6 Å². The maximum atomic E-state index is 12.7. The molecule has 2 aliphatic rings. The molecule has 1 aromatic carbocycles. The predicted octanol–water partition coefficient (Wildman–Crippen LogP) is 2.58. The minimum Gasteiger partial charge on any atom is -0.480 e. The van der Waals surface area contributed by atoms with Crippen LogP contribution in [0.3, 0.4) is 0 Å². The highest BCUT2D eigenvalue weighted by Crippen LogP contribution is 2.33. The molecular formula is C48H74N6O16S. The molecule has 4 rings (SSSR count). The number of hydrogen-bond donors (Lipinski definition) is 6. The number of carbonyl (C=O) groups is 5. The van der Waals surface area contributed by atoms with Crippen molar-refractivity contribution in [2.45, 2.75) is 75.4 Å². The number of thioether (sulfide) groups is 1. The molecule has 0 bridgehead atoms. The van der Waals surface area contributed by atoms with Crippen molar-refractivity contribution in [3.63, 3.8) is 0 Å². The monoisotopic (exact) mass is 1020 g/mol. The number of unbranched alkanes of at least 4 members (excludes halogenated alkanes) is 1. The van der Waals surface area contributed by atoms with E-state index in [4.69, 9.17) is 47.4 Å². The maximum absolute atomic E-state index is 12.7. The Morgan fingerprint density at radius 2 is 1.28 bits per heavy atom. The van der Waals surface area contributed by atoms with Crippen molar-refractivity contribution in [3.8, 4) is 11.6 Å². The smallest absolute Gasteiger partial charge is 0.328 e. The number of rotatable bonds is 40. The molecule has 71 heavy (non-hydrogen) atoms. The van der Waals surface area contributed by atoms with Crippen LogP contribution in [0.15, 0.2) is 42.6 Å². The number of pyridine rings is 1. The molecular weight excluding hydrogens is 949 g/mol. The Morgan fingerprint density at radius 3 is 1.82 bits per heavy atom. The number of aliphatic carboxylic acids is 1. The van der Waals surface area contributed by atoms with Crippen LogP contribution >= 0.6 is 11.8 Å². The van der Waals surface area contributed by atoms with E-state index < -0.39 is 23.5 Å². The number of amides is 5. The Morgan fingerprint density at radius 1 is 0.718 bits per heavy atom. The largest absolute Gasteiger partial charge is 0.480 e. The molecule has 2 fully saturated rings. The average molecular weight is 1020 g/mol. The molecule has 1 aromatic heterocycles. The molecule has 22 nitrogen and oxygen atoms in total. The van der Waals surface area contributed by atoms with E-state index in [-0.39, 0.29) is 54.5 Å². The van der Waals surface area contributed by atoms with Crippen molar-refractivity contribution >= 4 is 41.5 Å². The maximum Gasteiger partial charge on any atom is 0.328 e. The normalized spacial score (nSPS) is 16.7. The summed E-state index contributed by atoms with van der Waals surface area (Å²) < 4.78 is 55.4. The minimum absolute atomic E-state index is 0.0282. The molecule has 0 radical (unpaired) electrons. The Hall–Kier alpha value is -4.69. The zero-order valence-corrected chi connectivity index (χ0v) is 42.1. The molecule has 398 valence electrons. The van der Waals surface area contributed by atoms with Gasteiger partial charge in [0.1, 0.15) is 5.75 Å². The van der Waals surface area contributed by atoms with Crippen molar-refractivity contribution in [2.75, 3.05) is 131 Å². The van der Waals surface area contributed by atoms with E-state index in [0.717, 1.165) is 25.0 Å². The zero-order chi connectivity index (χ0) is 50.9. The Balaban J connectivity index is 0.842. The molecule has 0 saturated carbocycles. The van der Waals surface area contributed by atoms with Gasteiger partial charge < -0.3 is 79.1 Å². The molecule has 2 aromatic rings. The summed E-state index contributed by atoms with van der Waals surface area (Å²) in [5.74, 6) is -0.658. The van der Waals surface area contributed by atoms with Gasteiger partial charge >= 0.3 is 12.0 Å². The van der Waals surface area contributed by atoms with E-state index in [1.165, 1.54) is 18.3 Å². The summed E-state index contributed by atoms with van der Waals surface area (Å²) >= 11 is 1.89. The summed E-state index contributed by atoms with van der Waals surface area (Å²) in [6, 6.07) is 8.57. The number of benzene rings is 1. The number of urea groups is 1. The number of nitrogens with zero attached hydrogens (tertiary/aromatic N) is 1. The highest BCUT2D eigenvalue weighted by atomic mass is 32.2. The summed E-state index contributed by atoms with van der Waals surface area (Å²) in [6.45, 7) is 12.6. The van der Waals surface area contributed by atoms with Crippen LogP contribution in [0.4, 0.5) is 4.79 Å². The Bertz CT molecular complexity index is 1860. The first-order chi connectivity index (χ1) is 34.4. The Labute approximate surface area is 420 Å². The van der Waals surface area contributed by atoms with Crippen molar-refractivity contribution in [3.05, 3.63) is 53.7 Å². The molecule has 2 saturated heterocycles. The lowest BCUT2D eigenvalue weighted by atomic mass is 10.0. The standard InChI is InChI=1S/C48H74N6O16S/c1-48(2,3)69-33-38(46(58)59)52-45(57)36-11-12-42(51-32-36)70-37-8-6-7-35(31-37)44(56)50-14-16-62-18-20-64-22-24-66-26-28-68-30-29-67-27-25-65-23-21-63-19-17-61-15-13-49-41(55)10-5-4-9-40-43-39(34-71-40)53-47(60)54-43/h6-8,11-12,31-32,38-40,43H,4-5,9-10,13-30,33-34H2,1-3H3,(H,49,55)(H,50,56)(H,52,57)(H,58,59)(H2,53,54,60)/t38-,39-,40-,43-/m0/s1. The molecule has 23 heteroatoms. The fourth-order valence-corrected chi connectivity index (χ4v) is 8.30. The second-order valence-electron chi connectivity index (χ2n) is 17.2. The van der Waals surface area contributed by atoms with Gasteiger partial charge in [-0.15, -0.1) is 0 Å². The second kappa shape index (κ2) is 34.6. The van der Waals surface area contributed by atoms with Gasteiger partial charge in [0.25, 0.3) is 11.8 Å². The number of carbonyl (C=O) groups excluding carboxylic acids is 4. The quantitative estimate of drug-likeness (QED) is 0.0414. The number of ether oxygens (including phenoxy) is 10. The van der Waals surface area contributed by atoms with Gasteiger partial charge in [-0.3, -0.25) is 14.4 Å². The molecule has 4 atom stereocenters. The van der Waals surface area contributed by atoms with E-state index in [1.807, 2.05) is 11.8 Å². The first-order valence-corrected chi connectivity index (χ1v) is 25.2. The third-order valence-corrected chi connectivity index (χ3v) is 11.9. The van der Waals surface area contributed by atoms with Gasteiger partial charge in [-0.25, -0.2) is 14.6 Å². The summed E-state index contributed by atoms with van der Waals surface area (Å²) in [6.07, 6.45) is 4.54. The van der Waals surface area contributed by atoms with Crippen LogP contribution in [0, 0.1) is 0 Å². The lowest BCUT2D eigenvalue weighted by Gasteiger charge is -2.23. The fourth-order valence-electron chi connectivity index (χ4n) is 6.75. The average Bonchev–Trinajstić information content (AvgIpc) is 3.91.